The smallest absolute Gasteiger partial charge is 0.0620 e. The van der Waals surface area contributed by atoms with Crippen molar-refractivity contribution in [2.24, 2.45) is 23.5 Å². The number of fused-ring (bicyclic) bond motifs is 2. The third-order valence-electron chi connectivity index (χ3n) is 3.86. The molecule has 0 radical (unpaired) electrons. The molecule has 76 valence electrons. The van der Waals surface area contributed by atoms with E-state index in [2.05, 4.69) is 0 Å². The average molecular weight is 183 g/mol. The molecule has 2 N–H and O–H groups in total. The second-order valence-electron chi connectivity index (χ2n) is 4.66. The fraction of sp³-hybridized carbons (Fsp3) is 1.00. The van der Waals surface area contributed by atoms with Gasteiger partial charge in [0.15, 0.2) is 0 Å². The van der Waals surface area contributed by atoms with Crippen LogP contribution in [0, 0.1) is 17.8 Å². The molecule has 0 aromatic rings. The topological polar surface area (TPSA) is 35.2 Å². The summed E-state index contributed by atoms with van der Waals surface area (Å²) in [4.78, 5) is 0. The fourth-order valence-electron chi connectivity index (χ4n) is 3.20. The molecule has 0 aromatic carbocycles. The van der Waals surface area contributed by atoms with Gasteiger partial charge in [-0.25, -0.2) is 0 Å². The average Bonchev–Trinajstić information content (AvgIpc) is 2.74. The second kappa shape index (κ2) is 3.97. The molecule has 0 heterocycles. The molecule has 0 aromatic heterocycles. The first kappa shape index (κ1) is 9.47. The fourth-order valence-corrected chi connectivity index (χ4v) is 3.20. The molecule has 0 aliphatic heterocycles. The molecular formula is C11H21NO. The summed E-state index contributed by atoms with van der Waals surface area (Å²) in [6, 6.07) is 0.301. The molecule has 2 fully saturated rings. The lowest BCUT2D eigenvalue weighted by Crippen LogP contribution is -2.37. The van der Waals surface area contributed by atoms with Crippen LogP contribution >= 0.6 is 0 Å². The summed E-state index contributed by atoms with van der Waals surface area (Å²) in [6.07, 6.45) is 5.71. The van der Waals surface area contributed by atoms with Gasteiger partial charge in [-0.1, -0.05) is 6.42 Å². The van der Waals surface area contributed by atoms with Gasteiger partial charge in [0.05, 0.1) is 6.61 Å². The van der Waals surface area contributed by atoms with Crippen molar-refractivity contribution < 1.29 is 4.74 Å². The van der Waals surface area contributed by atoms with Crippen molar-refractivity contribution in [3.8, 4) is 0 Å². The summed E-state index contributed by atoms with van der Waals surface area (Å²) >= 11 is 0. The normalized spacial score (nSPS) is 39.7. The molecule has 13 heavy (non-hydrogen) atoms. The summed E-state index contributed by atoms with van der Waals surface area (Å²) in [5.41, 5.74) is 6.13. The number of hydrogen-bond acceptors (Lipinski definition) is 2. The van der Waals surface area contributed by atoms with E-state index in [1.165, 1.54) is 25.7 Å². The summed E-state index contributed by atoms with van der Waals surface area (Å²) in [5, 5.41) is 0. The van der Waals surface area contributed by atoms with Crippen LogP contribution in [0.15, 0.2) is 0 Å². The van der Waals surface area contributed by atoms with Crippen LogP contribution in [0.25, 0.3) is 0 Å². The molecule has 0 spiro atoms. The largest absolute Gasteiger partial charge is 0.380 e. The van der Waals surface area contributed by atoms with Crippen molar-refractivity contribution in [3.05, 3.63) is 0 Å². The zero-order valence-corrected chi connectivity index (χ0v) is 8.54. The zero-order chi connectivity index (χ0) is 9.26. The van der Waals surface area contributed by atoms with Crippen LogP contribution in [0.2, 0.25) is 0 Å². The highest BCUT2D eigenvalue weighted by Crippen LogP contribution is 2.49. The Kier molecular flexibility index (Phi) is 2.89. The van der Waals surface area contributed by atoms with E-state index in [1.54, 1.807) is 0 Å². The third kappa shape index (κ3) is 1.89. The first-order chi connectivity index (χ1) is 6.31. The number of rotatable bonds is 4. The predicted molar refractivity (Wildman–Crippen MR) is 53.4 cm³/mol. The van der Waals surface area contributed by atoms with Crippen LogP contribution in [0.1, 0.15) is 32.6 Å². The lowest BCUT2D eigenvalue weighted by atomic mass is 9.84. The van der Waals surface area contributed by atoms with Crippen LogP contribution in [-0.4, -0.2) is 19.3 Å². The van der Waals surface area contributed by atoms with Crippen molar-refractivity contribution in [3.63, 3.8) is 0 Å². The Morgan fingerprint density at radius 2 is 2.23 bits per heavy atom. The molecule has 4 unspecified atom stereocenters. The second-order valence-corrected chi connectivity index (χ2v) is 4.66. The summed E-state index contributed by atoms with van der Waals surface area (Å²) in [5.74, 6) is 2.70. The molecule has 2 bridgehead atoms. The van der Waals surface area contributed by atoms with Gasteiger partial charge in [-0.2, -0.15) is 0 Å². The SMILES string of the molecule is CCOCC(N)C1CC2CCC1C2. The minimum atomic E-state index is 0.301. The first-order valence-corrected chi connectivity index (χ1v) is 5.64. The Balaban J connectivity index is 1.80. The minimum absolute atomic E-state index is 0.301. The van der Waals surface area contributed by atoms with Crippen molar-refractivity contribution in [1.29, 1.82) is 0 Å². The molecule has 2 saturated carbocycles. The Labute approximate surface area is 80.8 Å². The van der Waals surface area contributed by atoms with E-state index in [9.17, 15) is 0 Å². The minimum Gasteiger partial charge on any atom is -0.380 e. The first-order valence-electron chi connectivity index (χ1n) is 5.64. The Morgan fingerprint density at radius 1 is 1.38 bits per heavy atom. The van der Waals surface area contributed by atoms with E-state index >= 15 is 0 Å². The maximum Gasteiger partial charge on any atom is 0.0620 e. The van der Waals surface area contributed by atoms with Crippen molar-refractivity contribution in [2.75, 3.05) is 13.2 Å². The van der Waals surface area contributed by atoms with Gasteiger partial charge < -0.3 is 10.5 Å². The van der Waals surface area contributed by atoms with Gasteiger partial charge in [0.25, 0.3) is 0 Å². The van der Waals surface area contributed by atoms with Crippen LogP contribution in [-0.2, 0) is 4.74 Å². The van der Waals surface area contributed by atoms with Crippen molar-refractivity contribution in [1.82, 2.24) is 0 Å². The molecule has 2 nitrogen and oxygen atoms in total. The Hall–Kier alpha value is -0.0800. The van der Waals surface area contributed by atoms with E-state index in [0.717, 1.165) is 31.0 Å². The zero-order valence-electron chi connectivity index (χ0n) is 8.54. The highest BCUT2D eigenvalue weighted by molar-refractivity contribution is 4.94. The molecule has 2 heteroatoms. The number of hydrogen-bond donors (Lipinski definition) is 1. The van der Waals surface area contributed by atoms with E-state index in [0.29, 0.717) is 6.04 Å². The molecule has 0 amide bonds. The molecule has 0 saturated heterocycles. The molecule has 2 rings (SSSR count). The van der Waals surface area contributed by atoms with Gasteiger partial charge in [-0.3, -0.25) is 0 Å². The van der Waals surface area contributed by atoms with Crippen molar-refractivity contribution in [2.45, 2.75) is 38.6 Å². The van der Waals surface area contributed by atoms with Crippen LogP contribution < -0.4 is 5.73 Å². The monoisotopic (exact) mass is 183 g/mol. The van der Waals surface area contributed by atoms with Gasteiger partial charge in [0.1, 0.15) is 0 Å². The van der Waals surface area contributed by atoms with Crippen LogP contribution in [0.3, 0.4) is 0 Å². The third-order valence-corrected chi connectivity index (χ3v) is 3.86. The summed E-state index contributed by atoms with van der Waals surface area (Å²) in [7, 11) is 0. The summed E-state index contributed by atoms with van der Waals surface area (Å²) in [6.45, 7) is 3.60. The van der Waals surface area contributed by atoms with Gasteiger partial charge in [-0.15, -0.1) is 0 Å². The maximum atomic E-state index is 6.13. The lowest BCUT2D eigenvalue weighted by Gasteiger charge is -2.27. The molecule has 2 aliphatic carbocycles. The van der Waals surface area contributed by atoms with Crippen molar-refractivity contribution >= 4 is 0 Å². The van der Waals surface area contributed by atoms with E-state index < -0.39 is 0 Å². The van der Waals surface area contributed by atoms with Gasteiger partial charge in [0, 0.05) is 12.6 Å². The van der Waals surface area contributed by atoms with Crippen LogP contribution in [0.5, 0.6) is 0 Å². The highest BCUT2D eigenvalue weighted by atomic mass is 16.5. The number of ether oxygens (including phenoxy) is 1. The van der Waals surface area contributed by atoms with E-state index in [-0.39, 0.29) is 0 Å². The van der Waals surface area contributed by atoms with Gasteiger partial charge in [-0.05, 0) is 43.9 Å². The molecule has 2 aliphatic rings. The van der Waals surface area contributed by atoms with Crippen LogP contribution in [0.4, 0.5) is 0 Å². The highest BCUT2D eigenvalue weighted by Gasteiger charge is 2.41. The quantitative estimate of drug-likeness (QED) is 0.721. The van der Waals surface area contributed by atoms with Gasteiger partial charge in [0.2, 0.25) is 0 Å². The molecule has 4 atom stereocenters. The Morgan fingerprint density at radius 3 is 2.77 bits per heavy atom. The standard InChI is InChI=1S/C11H21NO/c1-2-13-7-11(12)10-6-8-3-4-9(10)5-8/h8-11H,2-7,12H2,1H3. The number of nitrogens with two attached hydrogens (primary N) is 1. The lowest BCUT2D eigenvalue weighted by molar-refractivity contribution is 0.103. The summed E-state index contributed by atoms with van der Waals surface area (Å²) < 4.78 is 5.39. The maximum absolute atomic E-state index is 6.13. The molecular weight excluding hydrogens is 162 g/mol. The predicted octanol–water partition coefficient (Wildman–Crippen LogP) is 1.79. The van der Waals surface area contributed by atoms with E-state index in [1.807, 2.05) is 6.92 Å². The van der Waals surface area contributed by atoms with E-state index in [4.69, 9.17) is 10.5 Å². The van der Waals surface area contributed by atoms with Gasteiger partial charge >= 0.3 is 0 Å². The Bertz CT molecular complexity index is 171.